The molecular formula is C12H14N2OS. The molecule has 0 amide bonds. The predicted molar refractivity (Wildman–Crippen MR) is 64.2 cm³/mol. The molecule has 0 saturated carbocycles. The Labute approximate surface area is 99.1 Å². The lowest BCUT2D eigenvalue weighted by atomic mass is 10.1. The molecule has 0 bridgehead atoms. The van der Waals surface area contributed by atoms with Crippen LogP contribution in [-0.4, -0.2) is 13.9 Å². The van der Waals surface area contributed by atoms with Gasteiger partial charge in [0.05, 0.1) is 24.0 Å². The van der Waals surface area contributed by atoms with Gasteiger partial charge in [0.2, 0.25) is 0 Å². The van der Waals surface area contributed by atoms with Crippen molar-refractivity contribution >= 4 is 11.7 Å². The minimum absolute atomic E-state index is 0.470. The van der Waals surface area contributed by atoms with Crippen LogP contribution in [-0.2, 0) is 6.42 Å². The zero-order chi connectivity index (χ0) is 11.2. The average Bonchev–Trinajstić information content (AvgIpc) is 2.84. The number of aliphatic hydroxyl groups excluding tert-OH is 1. The Morgan fingerprint density at radius 3 is 2.75 bits per heavy atom. The van der Waals surface area contributed by atoms with Gasteiger partial charge in [-0.25, -0.2) is 0 Å². The van der Waals surface area contributed by atoms with Gasteiger partial charge in [0.1, 0.15) is 5.69 Å². The molecule has 1 N–H and O–H groups in total. The highest BCUT2D eigenvalue weighted by atomic mass is 32.1. The molecule has 0 aliphatic rings. The molecule has 0 fully saturated rings. The maximum absolute atomic E-state index is 9.79. The van der Waals surface area contributed by atoms with E-state index in [0.717, 1.165) is 31.0 Å². The Morgan fingerprint density at radius 2 is 2.06 bits per heavy atom. The lowest BCUT2D eigenvalue weighted by Crippen LogP contribution is -1.98. The summed E-state index contributed by atoms with van der Waals surface area (Å²) in [5.74, 6) is 0. The summed E-state index contributed by atoms with van der Waals surface area (Å²) >= 11 is 1.14. The van der Waals surface area contributed by atoms with Crippen LogP contribution in [0.5, 0.6) is 0 Å². The first-order valence-corrected chi connectivity index (χ1v) is 6.09. The first-order chi connectivity index (χ1) is 7.86. The first kappa shape index (κ1) is 11.2. The van der Waals surface area contributed by atoms with Crippen molar-refractivity contribution in [2.24, 2.45) is 0 Å². The maximum atomic E-state index is 9.79. The van der Waals surface area contributed by atoms with Gasteiger partial charge < -0.3 is 5.11 Å². The van der Waals surface area contributed by atoms with E-state index >= 15 is 0 Å². The molecule has 1 aromatic carbocycles. The van der Waals surface area contributed by atoms with E-state index in [9.17, 15) is 5.11 Å². The van der Waals surface area contributed by atoms with E-state index in [1.807, 2.05) is 18.2 Å². The summed E-state index contributed by atoms with van der Waals surface area (Å²) in [4.78, 5) is 0. The van der Waals surface area contributed by atoms with Crippen LogP contribution in [0.2, 0.25) is 0 Å². The second-order valence-electron chi connectivity index (χ2n) is 3.73. The summed E-state index contributed by atoms with van der Waals surface area (Å²) in [5, 5.41) is 9.79. The molecule has 1 atom stereocenters. The molecule has 0 spiro atoms. The summed E-state index contributed by atoms with van der Waals surface area (Å²) in [6.07, 6.45) is 3.86. The fourth-order valence-corrected chi connectivity index (χ4v) is 2.08. The highest BCUT2D eigenvalue weighted by Gasteiger charge is 2.09. The first-order valence-electron chi connectivity index (χ1n) is 5.35. The van der Waals surface area contributed by atoms with E-state index in [4.69, 9.17) is 0 Å². The van der Waals surface area contributed by atoms with Gasteiger partial charge in [-0.15, -0.1) is 0 Å². The maximum Gasteiger partial charge on any atom is 0.103 e. The molecule has 2 rings (SSSR count). The smallest absolute Gasteiger partial charge is 0.103 e. The van der Waals surface area contributed by atoms with Crippen molar-refractivity contribution in [2.75, 3.05) is 0 Å². The van der Waals surface area contributed by atoms with Crippen molar-refractivity contribution in [1.29, 1.82) is 0 Å². The van der Waals surface area contributed by atoms with Crippen molar-refractivity contribution in [3.05, 3.63) is 47.8 Å². The van der Waals surface area contributed by atoms with E-state index < -0.39 is 6.10 Å². The quantitative estimate of drug-likeness (QED) is 0.865. The van der Waals surface area contributed by atoms with Crippen molar-refractivity contribution in [3.63, 3.8) is 0 Å². The Balaban J connectivity index is 1.76. The Bertz CT molecular complexity index is 402. The minimum atomic E-state index is -0.470. The second kappa shape index (κ2) is 5.72. The summed E-state index contributed by atoms with van der Waals surface area (Å²) in [7, 11) is 0. The number of benzene rings is 1. The molecular weight excluding hydrogens is 220 g/mol. The van der Waals surface area contributed by atoms with Crippen LogP contribution in [0.15, 0.2) is 36.5 Å². The number of hydrogen-bond acceptors (Lipinski definition) is 4. The van der Waals surface area contributed by atoms with Crippen LogP contribution in [0.4, 0.5) is 0 Å². The number of hydrogen-bond donors (Lipinski definition) is 1. The molecule has 3 nitrogen and oxygen atoms in total. The summed E-state index contributed by atoms with van der Waals surface area (Å²) in [5.41, 5.74) is 2.00. The molecule has 0 radical (unpaired) electrons. The molecule has 0 aliphatic carbocycles. The van der Waals surface area contributed by atoms with Gasteiger partial charge in [0, 0.05) is 0 Å². The third-order valence-electron chi connectivity index (χ3n) is 2.51. The van der Waals surface area contributed by atoms with Crippen molar-refractivity contribution in [3.8, 4) is 0 Å². The summed E-state index contributed by atoms with van der Waals surface area (Å²) in [6, 6.07) is 10.3. The molecule has 1 heterocycles. The fraction of sp³-hybridized carbons (Fsp3) is 0.333. The van der Waals surface area contributed by atoms with Gasteiger partial charge in [-0.2, -0.15) is 8.75 Å². The zero-order valence-corrected chi connectivity index (χ0v) is 9.73. The lowest BCUT2D eigenvalue weighted by molar-refractivity contribution is 0.161. The zero-order valence-electron chi connectivity index (χ0n) is 8.91. The lowest BCUT2D eigenvalue weighted by Gasteiger charge is -2.06. The molecule has 1 unspecified atom stereocenters. The molecule has 1 aromatic heterocycles. The van der Waals surface area contributed by atoms with Crippen LogP contribution in [0.25, 0.3) is 0 Å². The molecule has 0 aliphatic heterocycles. The van der Waals surface area contributed by atoms with E-state index in [0.29, 0.717) is 5.69 Å². The Hall–Kier alpha value is -1.26. The van der Waals surface area contributed by atoms with E-state index in [1.54, 1.807) is 6.20 Å². The fourth-order valence-electron chi connectivity index (χ4n) is 1.61. The number of aryl methyl sites for hydroxylation is 1. The van der Waals surface area contributed by atoms with E-state index in [2.05, 4.69) is 20.9 Å². The summed E-state index contributed by atoms with van der Waals surface area (Å²) < 4.78 is 7.90. The number of aromatic nitrogens is 2. The van der Waals surface area contributed by atoms with Crippen LogP contribution >= 0.6 is 11.7 Å². The highest BCUT2D eigenvalue weighted by molar-refractivity contribution is 6.99. The number of aliphatic hydroxyl groups is 1. The van der Waals surface area contributed by atoms with Gasteiger partial charge in [-0.05, 0) is 24.8 Å². The molecule has 0 saturated heterocycles. The Morgan fingerprint density at radius 1 is 1.25 bits per heavy atom. The average molecular weight is 234 g/mol. The van der Waals surface area contributed by atoms with E-state index in [1.165, 1.54) is 5.56 Å². The van der Waals surface area contributed by atoms with Gasteiger partial charge in [0.15, 0.2) is 0 Å². The molecule has 2 aromatic rings. The van der Waals surface area contributed by atoms with Crippen LogP contribution < -0.4 is 0 Å². The molecule has 4 heteroatoms. The van der Waals surface area contributed by atoms with Gasteiger partial charge in [-0.1, -0.05) is 30.3 Å². The monoisotopic (exact) mass is 234 g/mol. The number of nitrogens with zero attached hydrogens (tertiary/aromatic N) is 2. The largest absolute Gasteiger partial charge is 0.387 e. The van der Waals surface area contributed by atoms with Gasteiger partial charge >= 0.3 is 0 Å². The number of rotatable bonds is 5. The second-order valence-corrected chi connectivity index (χ2v) is 4.28. The highest BCUT2D eigenvalue weighted by Crippen LogP contribution is 2.17. The van der Waals surface area contributed by atoms with Crippen molar-refractivity contribution in [1.82, 2.24) is 8.75 Å². The normalized spacial score (nSPS) is 12.6. The van der Waals surface area contributed by atoms with Crippen LogP contribution in [0, 0.1) is 0 Å². The van der Waals surface area contributed by atoms with Gasteiger partial charge in [0.25, 0.3) is 0 Å². The third kappa shape index (κ3) is 3.12. The van der Waals surface area contributed by atoms with Crippen molar-refractivity contribution in [2.45, 2.75) is 25.4 Å². The Kier molecular flexibility index (Phi) is 4.02. The van der Waals surface area contributed by atoms with Crippen LogP contribution in [0.1, 0.15) is 30.2 Å². The molecule has 84 valence electrons. The molecule has 16 heavy (non-hydrogen) atoms. The topological polar surface area (TPSA) is 46.0 Å². The van der Waals surface area contributed by atoms with Crippen LogP contribution in [0.3, 0.4) is 0 Å². The van der Waals surface area contributed by atoms with E-state index in [-0.39, 0.29) is 0 Å². The minimum Gasteiger partial charge on any atom is -0.387 e. The standard InChI is InChI=1S/C12H14N2OS/c15-12(11-9-13-16-14-11)8-4-7-10-5-2-1-3-6-10/h1-3,5-6,9,12,15H,4,7-8H2. The third-order valence-corrected chi connectivity index (χ3v) is 3.00. The summed E-state index contributed by atoms with van der Waals surface area (Å²) in [6.45, 7) is 0. The SMILES string of the molecule is OC(CCCc1ccccc1)c1cnsn1. The predicted octanol–water partition coefficient (Wildman–Crippen LogP) is 2.59. The van der Waals surface area contributed by atoms with Crippen molar-refractivity contribution < 1.29 is 5.11 Å². The van der Waals surface area contributed by atoms with Gasteiger partial charge in [-0.3, -0.25) is 0 Å².